The second-order valence-electron chi connectivity index (χ2n) is 3.83. The van der Waals surface area contributed by atoms with Gasteiger partial charge >= 0.3 is 6.03 Å². The summed E-state index contributed by atoms with van der Waals surface area (Å²) in [4.78, 5) is 11.7. The molecule has 0 aromatic heterocycles. The van der Waals surface area contributed by atoms with Crippen LogP contribution in [-0.4, -0.2) is 6.03 Å². The van der Waals surface area contributed by atoms with E-state index in [1.807, 2.05) is 0 Å². The van der Waals surface area contributed by atoms with E-state index in [0.717, 1.165) is 12.1 Å². The Morgan fingerprint density at radius 2 is 1.75 bits per heavy atom. The van der Waals surface area contributed by atoms with Crippen molar-refractivity contribution in [2.75, 3.05) is 10.6 Å². The monoisotopic (exact) mass is 360 g/mol. The molecule has 0 radical (unpaired) electrons. The molecular formula is C13H8BrClF2N2O. The molecule has 0 spiro atoms. The predicted molar refractivity (Wildman–Crippen MR) is 78.2 cm³/mol. The van der Waals surface area contributed by atoms with E-state index >= 15 is 0 Å². The summed E-state index contributed by atoms with van der Waals surface area (Å²) < 4.78 is 26.7. The quantitative estimate of drug-likeness (QED) is 0.774. The normalized spacial score (nSPS) is 10.2. The average molecular weight is 362 g/mol. The van der Waals surface area contributed by atoms with Gasteiger partial charge in [0, 0.05) is 15.6 Å². The Morgan fingerprint density at radius 1 is 1.05 bits per heavy atom. The highest BCUT2D eigenvalue weighted by Gasteiger charge is 2.09. The van der Waals surface area contributed by atoms with Gasteiger partial charge in [-0.2, -0.15) is 0 Å². The van der Waals surface area contributed by atoms with E-state index in [4.69, 9.17) is 11.6 Å². The van der Waals surface area contributed by atoms with Crippen LogP contribution in [0.15, 0.2) is 40.9 Å². The van der Waals surface area contributed by atoms with E-state index in [0.29, 0.717) is 21.2 Å². The zero-order chi connectivity index (χ0) is 14.7. The number of urea groups is 1. The second kappa shape index (κ2) is 6.19. The summed E-state index contributed by atoms with van der Waals surface area (Å²) in [5.41, 5.74) is 0.305. The van der Waals surface area contributed by atoms with Crippen LogP contribution in [0.1, 0.15) is 0 Å². The molecule has 2 N–H and O–H groups in total. The second-order valence-corrected chi connectivity index (χ2v) is 5.12. The number of halogens is 4. The molecular weight excluding hydrogens is 354 g/mol. The summed E-state index contributed by atoms with van der Waals surface area (Å²) in [5, 5.41) is 5.22. The molecule has 104 valence electrons. The molecule has 2 aromatic rings. The molecule has 0 aliphatic carbocycles. The van der Waals surface area contributed by atoms with Crippen molar-refractivity contribution in [1.29, 1.82) is 0 Å². The van der Waals surface area contributed by atoms with Crippen LogP contribution in [0.2, 0.25) is 5.02 Å². The Balaban J connectivity index is 2.11. The van der Waals surface area contributed by atoms with Gasteiger partial charge in [-0.3, -0.25) is 0 Å². The largest absolute Gasteiger partial charge is 0.323 e. The van der Waals surface area contributed by atoms with Crippen LogP contribution in [0.4, 0.5) is 25.0 Å². The third-order valence-corrected chi connectivity index (χ3v) is 3.28. The summed E-state index contributed by atoms with van der Waals surface area (Å²) in [5.74, 6) is -1.57. The Morgan fingerprint density at radius 3 is 2.45 bits per heavy atom. The zero-order valence-corrected chi connectivity index (χ0v) is 12.2. The predicted octanol–water partition coefficient (Wildman–Crippen LogP) is 5.02. The van der Waals surface area contributed by atoms with E-state index in [1.54, 1.807) is 12.1 Å². The van der Waals surface area contributed by atoms with Gasteiger partial charge in [0.2, 0.25) is 0 Å². The lowest BCUT2D eigenvalue weighted by atomic mass is 10.3. The fourth-order valence-corrected chi connectivity index (χ4v) is 1.98. The van der Waals surface area contributed by atoms with E-state index in [1.165, 1.54) is 6.07 Å². The maximum absolute atomic E-state index is 13.4. The lowest BCUT2D eigenvalue weighted by Gasteiger charge is -2.10. The van der Waals surface area contributed by atoms with Gasteiger partial charge in [-0.05, 0) is 46.3 Å². The number of rotatable bonds is 2. The van der Waals surface area contributed by atoms with Crippen LogP contribution in [0.5, 0.6) is 0 Å². The van der Waals surface area contributed by atoms with Crippen LogP contribution in [0.25, 0.3) is 0 Å². The van der Waals surface area contributed by atoms with Crippen LogP contribution < -0.4 is 10.6 Å². The van der Waals surface area contributed by atoms with Crippen molar-refractivity contribution in [2.24, 2.45) is 0 Å². The highest BCUT2D eigenvalue weighted by Crippen LogP contribution is 2.26. The molecule has 3 nitrogen and oxygen atoms in total. The van der Waals surface area contributed by atoms with Gasteiger partial charge < -0.3 is 10.6 Å². The van der Waals surface area contributed by atoms with Crippen molar-refractivity contribution < 1.29 is 13.6 Å². The summed E-state index contributed by atoms with van der Waals surface area (Å²) >= 11 is 9.05. The smallest absolute Gasteiger partial charge is 0.307 e. The number of carbonyl (C=O) groups excluding carboxylic acids is 1. The first kappa shape index (κ1) is 14.7. The third-order valence-electron chi connectivity index (χ3n) is 2.36. The zero-order valence-electron chi connectivity index (χ0n) is 9.88. The Kier molecular flexibility index (Phi) is 4.57. The molecule has 0 atom stereocenters. The van der Waals surface area contributed by atoms with Crippen LogP contribution in [0, 0.1) is 11.6 Å². The third kappa shape index (κ3) is 3.68. The van der Waals surface area contributed by atoms with Gasteiger partial charge in [-0.25, -0.2) is 13.6 Å². The first-order valence-corrected chi connectivity index (χ1v) is 6.61. The van der Waals surface area contributed by atoms with Crippen LogP contribution >= 0.6 is 27.5 Å². The summed E-state index contributed by atoms with van der Waals surface area (Å²) in [7, 11) is 0. The minimum atomic E-state index is -0.856. The minimum absolute atomic E-state index is 0.123. The molecule has 0 heterocycles. The van der Waals surface area contributed by atoms with E-state index in [-0.39, 0.29) is 5.69 Å². The van der Waals surface area contributed by atoms with Gasteiger partial charge in [0.05, 0.1) is 11.4 Å². The molecule has 0 bridgehead atoms. The van der Waals surface area contributed by atoms with E-state index in [2.05, 4.69) is 26.6 Å². The van der Waals surface area contributed by atoms with Gasteiger partial charge in [0.15, 0.2) is 0 Å². The molecule has 20 heavy (non-hydrogen) atoms. The van der Waals surface area contributed by atoms with Crippen molar-refractivity contribution in [3.63, 3.8) is 0 Å². The molecule has 0 saturated carbocycles. The summed E-state index contributed by atoms with van der Waals surface area (Å²) in [6.07, 6.45) is 0. The van der Waals surface area contributed by atoms with Crippen molar-refractivity contribution in [3.05, 3.63) is 57.5 Å². The fraction of sp³-hybridized carbons (Fsp3) is 0. The van der Waals surface area contributed by atoms with Crippen molar-refractivity contribution in [1.82, 2.24) is 0 Å². The van der Waals surface area contributed by atoms with Crippen molar-refractivity contribution >= 4 is 44.9 Å². The molecule has 2 aromatic carbocycles. The topological polar surface area (TPSA) is 41.1 Å². The molecule has 7 heteroatoms. The van der Waals surface area contributed by atoms with Crippen LogP contribution in [-0.2, 0) is 0 Å². The maximum atomic E-state index is 13.4. The number of amides is 2. The molecule has 0 saturated heterocycles. The Bertz CT molecular complexity index is 667. The first-order chi connectivity index (χ1) is 9.45. The number of nitrogens with one attached hydrogen (secondary N) is 2. The maximum Gasteiger partial charge on any atom is 0.323 e. The van der Waals surface area contributed by atoms with E-state index in [9.17, 15) is 13.6 Å². The number of hydrogen-bond donors (Lipinski definition) is 2. The van der Waals surface area contributed by atoms with Crippen LogP contribution in [0.3, 0.4) is 0 Å². The minimum Gasteiger partial charge on any atom is -0.307 e. The first-order valence-electron chi connectivity index (χ1n) is 5.44. The van der Waals surface area contributed by atoms with Gasteiger partial charge in [-0.1, -0.05) is 11.6 Å². The van der Waals surface area contributed by atoms with Gasteiger partial charge in [-0.15, -0.1) is 0 Å². The van der Waals surface area contributed by atoms with Gasteiger partial charge in [0.1, 0.15) is 11.6 Å². The standard InChI is InChI=1S/C13H8BrClF2N2O/c14-9-3-1-7(15)5-12(9)19-13(20)18-11-4-2-8(16)6-10(11)17/h1-6H,(H2,18,19,20). The van der Waals surface area contributed by atoms with E-state index < -0.39 is 17.7 Å². The van der Waals surface area contributed by atoms with Gasteiger partial charge in [0.25, 0.3) is 0 Å². The molecule has 0 unspecified atom stereocenters. The number of benzene rings is 2. The van der Waals surface area contributed by atoms with Crippen molar-refractivity contribution in [2.45, 2.75) is 0 Å². The molecule has 0 fully saturated rings. The summed E-state index contributed by atoms with van der Waals surface area (Å²) in [6.45, 7) is 0. The molecule has 0 aliphatic rings. The number of carbonyl (C=O) groups is 1. The summed E-state index contributed by atoms with van der Waals surface area (Å²) in [6, 6.07) is 7.05. The number of hydrogen-bond acceptors (Lipinski definition) is 1. The lowest BCUT2D eigenvalue weighted by Crippen LogP contribution is -2.20. The molecule has 2 amide bonds. The molecule has 2 rings (SSSR count). The van der Waals surface area contributed by atoms with Crippen molar-refractivity contribution in [3.8, 4) is 0 Å². The SMILES string of the molecule is O=C(Nc1ccc(F)cc1F)Nc1cc(Cl)ccc1Br. The number of anilines is 2. The molecule has 0 aliphatic heterocycles. The highest BCUT2D eigenvalue weighted by molar-refractivity contribution is 9.10. The fourth-order valence-electron chi connectivity index (χ4n) is 1.46. The Hall–Kier alpha value is -1.66. The lowest BCUT2D eigenvalue weighted by molar-refractivity contribution is 0.262. The average Bonchev–Trinajstić information content (AvgIpc) is 2.37. The highest BCUT2D eigenvalue weighted by atomic mass is 79.9. The Labute approximate surface area is 127 Å².